The topological polar surface area (TPSA) is 42.0 Å². The predicted octanol–water partition coefficient (Wildman–Crippen LogP) is 4.37. The van der Waals surface area contributed by atoms with Gasteiger partial charge in [0.25, 0.3) is 5.91 Å². The molecule has 0 unspecified atom stereocenters. The lowest BCUT2D eigenvalue weighted by Crippen LogP contribution is -2.13. The van der Waals surface area contributed by atoms with Gasteiger partial charge in [-0.25, -0.2) is 0 Å². The van der Waals surface area contributed by atoms with Crippen LogP contribution in [0, 0.1) is 13.8 Å². The summed E-state index contributed by atoms with van der Waals surface area (Å²) < 4.78 is 1.05. The monoisotopic (exact) mass is 338 g/mol. The first-order valence-electron chi connectivity index (χ1n) is 5.67. The van der Waals surface area contributed by atoms with Crippen molar-refractivity contribution in [3.63, 3.8) is 0 Å². The van der Waals surface area contributed by atoms with Gasteiger partial charge in [0.1, 0.15) is 5.69 Å². The molecule has 0 aliphatic rings. The van der Waals surface area contributed by atoms with Crippen molar-refractivity contribution < 1.29 is 4.79 Å². The van der Waals surface area contributed by atoms with Crippen LogP contribution in [0.3, 0.4) is 0 Å². The third-order valence-electron chi connectivity index (χ3n) is 2.65. The van der Waals surface area contributed by atoms with Crippen molar-refractivity contribution in [2.75, 3.05) is 5.32 Å². The number of amides is 1. The molecule has 1 aromatic carbocycles. The van der Waals surface area contributed by atoms with Crippen LogP contribution in [0.15, 0.2) is 34.9 Å². The van der Waals surface area contributed by atoms with Crippen molar-refractivity contribution in [3.05, 3.63) is 56.8 Å². The Morgan fingerprint density at radius 1 is 1.26 bits per heavy atom. The largest absolute Gasteiger partial charge is 0.321 e. The molecule has 0 fully saturated rings. The highest BCUT2D eigenvalue weighted by molar-refractivity contribution is 9.10. The van der Waals surface area contributed by atoms with Crippen LogP contribution >= 0.6 is 27.5 Å². The fourth-order valence-corrected chi connectivity index (χ4v) is 2.13. The molecule has 5 heteroatoms. The van der Waals surface area contributed by atoms with Gasteiger partial charge in [-0.3, -0.25) is 9.78 Å². The number of aromatic nitrogens is 1. The summed E-state index contributed by atoms with van der Waals surface area (Å²) >= 11 is 9.33. The molecule has 1 N–H and O–H groups in total. The molecule has 2 rings (SSSR count). The van der Waals surface area contributed by atoms with E-state index < -0.39 is 0 Å². The van der Waals surface area contributed by atoms with E-state index >= 15 is 0 Å². The lowest BCUT2D eigenvalue weighted by atomic mass is 10.1. The van der Waals surface area contributed by atoms with E-state index in [1.54, 1.807) is 6.07 Å². The Morgan fingerprint density at radius 3 is 2.47 bits per heavy atom. The molecule has 1 amide bonds. The van der Waals surface area contributed by atoms with Gasteiger partial charge in [-0.1, -0.05) is 27.5 Å². The van der Waals surface area contributed by atoms with Crippen LogP contribution < -0.4 is 5.32 Å². The molecule has 98 valence electrons. The fourth-order valence-electron chi connectivity index (χ4n) is 1.74. The zero-order valence-corrected chi connectivity index (χ0v) is 12.8. The number of aryl methyl sites for hydroxylation is 2. The molecule has 0 bridgehead atoms. The maximum Gasteiger partial charge on any atom is 0.274 e. The van der Waals surface area contributed by atoms with Crippen molar-refractivity contribution in [1.29, 1.82) is 0 Å². The van der Waals surface area contributed by atoms with Crippen molar-refractivity contribution >= 4 is 39.1 Å². The summed E-state index contributed by atoms with van der Waals surface area (Å²) in [5.41, 5.74) is 3.17. The van der Waals surface area contributed by atoms with Crippen molar-refractivity contribution in [1.82, 2.24) is 4.98 Å². The maximum absolute atomic E-state index is 12.0. The van der Waals surface area contributed by atoms with Crippen LogP contribution in [0.25, 0.3) is 0 Å². The highest BCUT2D eigenvalue weighted by atomic mass is 79.9. The SMILES string of the molecule is Cc1cc(NC(=O)c2cc(Cl)ccn2)cc(C)c1Br. The quantitative estimate of drug-likeness (QED) is 0.883. The fraction of sp³-hybridized carbons (Fsp3) is 0.143. The second-order valence-corrected chi connectivity index (χ2v) is 5.47. The number of hydrogen-bond acceptors (Lipinski definition) is 2. The van der Waals surface area contributed by atoms with Gasteiger partial charge in [0.2, 0.25) is 0 Å². The summed E-state index contributed by atoms with van der Waals surface area (Å²) in [6.07, 6.45) is 1.51. The summed E-state index contributed by atoms with van der Waals surface area (Å²) in [4.78, 5) is 16.0. The summed E-state index contributed by atoms with van der Waals surface area (Å²) in [7, 11) is 0. The summed E-state index contributed by atoms with van der Waals surface area (Å²) in [6, 6.07) is 6.97. The maximum atomic E-state index is 12.0. The minimum absolute atomic E-state index is 0.274. The minimum Gasteiger partial charge on any atom is -0.321 e. The zero-order chi connectivity index (χ0) is 14.0. The van der Waals surface area contributed by atoms with E-state index in [1.807, 2.05) is 26.0 Å². The van der Waals surface area contributed by atoms with Gasteiger partial charge in [0.05, 0.1) is 0 Å². The van der Waals surface area contributed by atoms with Crippen LogP contribution in [0.5, 0.6) is 0 Å². The van der Waals surface area contributed by atoms with E-state index in [1.165, 1.54) is 12.3 Å². The molecule has 19 heavy (non-hydrogen) atoms. The molecule has 1 aromatic heterocycles. The van der Waals surface area contributed by atoms with Crippen molar-refractivity contribution in [2.45, 2.75) is 13.8 Å². The first-order chi connectivity index (χ1) is 8.97. The molecule has 0 aliphatic carbocycles. The van der Waals surface area contributed by atoms with E-state index in [9.17, 15) is 4.79 Å². The molecular formula is C14H12BrClN2O. The number of anilines is 1. The second kappa shape index (κ2) is 5.72. The second-order valence-electron chi connectivity index (χ2n) is 4.24. The summed E-state index contributed by atoms with van der Waals surface area (Å²) in [5.74, 6) is -0.274. The molecule has 0 spiro atoms. The van der Waals surface area contributed by atoms with Crippen LogP contribution in [-0.4, -0.2) is 10.9 Å². The highest BCUT2D eigenvalue weighted by Crippen LogP contribution is 2.25. The van der Waals surface area contributed by atoms with Crippen LogP contribution in [0.2, 0.25) is 5.02 Å². The van der Waals surface area contributed by atoms with Crippen molar-refractivity contribution in [3.8, 4) is 0 Å². The Bertz CT molecular complexity index is 620. The number of nitrogens with one attached hydrogen (secondary N) is 1. The Hall–Kier alpha value is -1.39. The summed E-state index contributed by atoms with van der Waals surface area (Å²) in [5, 5.41) is 3.30. The number of carbonyl (C=O) groups excluding carboxylic acids is 1. The van der Waals surface area contributed by atoms with Gasteiger partial charge in [-0.2, -0.15) is 0 Å². The van der Waals surface area contributed by atoms with Gasteiger partial charge in [-0.05, 0) is 49.2 Å². The zero-order valence-electron chi connectivity index (χ0n) is 10.5. The highest BCUT2D eigenvalue weighted by Gasteiger charge is 2.09. The Balaban J connectivity index is 2.24. The average molecular weight is 340 g/mol. The van der Waals surface area contributed by atoms with Crippen LogP contribution in [-0.2, 0) is 0 Å². The first kappa shape index (κ1) is 14.0. The number of rotatable bonds is 2. The Labute approximate surface area is 125 Å². The molecule has 0 saturated carbocycles. The third-order valence-corrected chi connectivity index (χ3v) is 4.13. The Morgan fingerprint density at radius 2 is 1.89 bits per heavy atom. The molecule has 0 aliphatic heterocycles. The van der Waals surface area contributed by atoms with E-state index in [2.05, 4.69) is 26.2 Å². The van der Waals surface area contributed by atoms with E-state index in [4.69, 9.17) is 11.6 Å². The third kappa shape index (κ3) is 3.33. The number of benzene rings is 1. The molecule has 3 nitrogen and oxygen atoms in total. The van der Waals surface area contributed by atoms with Gasteiger partial charge >= 0.3 is 0 Å². The minimum atomic E-state index is -0.274. The van der Waals surface area contributed by atoms with E-state index in [-0.39, 0.29) is 5.91 Å². The van der Waals surface area contributed by atoms with Gasteiger partial charge in [0.15, 0.2) is 0 Å². The van der Waals surface area contributed by atoms with E-state index in [0.717, 1.165) is 21.3 Å². The first-order valence-corrected chi connectivity index (χ1v) is 6.84. The smallest absolute Gasteiger partial charge is 0.274 e. The van der Waals surface area contributed by atoms with Crippen LogP contribution in [0.4, 0.5) is 5.69 Å². The number of halogens is 2. The Kier molecular flexibility index (Phi) is 4.22. The molecular weight excluding hydrogens is 328 g/mol. The van der Waals surface area contributed by atoms with Gasteiger partial charge < -0.3 is 5.32 Å². The van der Waals surface area contributed by atoms with Crippen molar-refractivity contribution in [2.24, 2.45) is 0 Å². The predicted molar refractivity (Wildman–Crippen MR) is 80.8 cm³/mol. The van der Waals surface area contributed by atoms with Gasteiger partial charge in [0, 0.05) is 21.4 Å². The number of carbonyl (C=O) groups is 1. The lowest BCUT2D eigenvalue weighted by molar-refractivity contribution is 0.102. The number of hydrogen-bond donors (Lipinski definition) is 1. The molecule has 0 saturated heterocycles. The normalized spacial score (nSPS) is 10.3. The molecule has 0 atom stereocenters. The molecule has 0 radical (unpaired) electrons. The van der Waals surface area contributed by atoms with Crippen LogP contribution in [0.1, 0.15) is 21.6 Å². The average Bonchev–Trinajstić information content (AvgIpc) is 2.36. The number of nitrogens with zero attached hydrogens (tertiary/aromatic N) is 1. The molecule has 1 heterocycles. The van der Waals surface area contributed by atoms with E-state index in [0.29, 0.717) is 10.7 Å². The number of pyridine rings is 1. The lowest BCUT2D eigenvalue weighted by Gasteiger charge is -2.09. The molecule has 2 aromatic rings. The summed E-state index contributed by atoms with van der Waals surface area (Å²) in [6.45, 7) is 3.95. The van der Waals surface area contributed by atoms with Gasteiger partial charge in [-0.15, -0.1) is 0 Å². The standard InChI is InChI=1S/C14H12BrClN2O/c1-8-5-11(6-9(2)13(8)15)18-14(19)12-7-10(16)3-4-17-12/h3-7H,1-2H3,(H,18,19).